The quantitative estimate of drug-likeness (QED) is 0.792. The Morgan fingerprint density at radius 3 is 2.74 bits per heavy atom. The molecule has 1 rings (SSSR count). The molecule has 3 N–H and O–H groups in total. The highest BCUT2D eigenvalue weighted by Crippen LogP contribution is 2.20. The van der Waals surface area contributed by atoms with Crippen LogP contribution in [0.4, 0.5) is 14.9 Å². The van der Waals surface area contributed by atoms with Crippen molar-refractivity contribution in [1.82, 2.24) is 10.6 Å². The molecule has 0 aliphatic rings. The van der Waals surface area contributed by atoms with Gasteiger partial charge in [-0.15, -0.1) is 0 Å². The van der Waals surface area contributed by atoms with E-state index in [0.717, 1.165) is 0 Å². The molecule has 7 heteroatoms. The molecule has 0 aromatic heterocycles. The van der Waals surface area contributed by atoms with Crippen molar-refractivity contribution in [1.29, 1.82) is 0 Å². The number of nitrogens with one attached hydrogen (secondary N) is 3. The van der Waals surface area contributed by atoms with Crippen molar-refractivity contribution < 1.29 is 14.0 Å². The normalized spacial score (nSPS) is 11.6. The molecule has 0 aliphatic heterocycles. The summed E-state index contributed by atoms with van der Waals surface area (Å²) in [7, 11) is 0. The van der Waals surface area contributed by atoms with E-state index in [2.05, 4.69) is 31.9 Å². The first kappa shape index (κ1) is 15.4. The molecule has 0 heterocycles. The van der Waals surface area contributed by atoms with Crippen LogP contribution in [0.3, 0.4) is 0 Å². The molecule has 0 fully saturated rings. The highest BCUT2D eigenvalue weighted by molar-refractivity contribution is 9.10. The standard InChI is InChI=1S/C12H15BrFN3O2/c1-3-15-12(19)17-11(18)7(2)16-10-6-8(13)4-5-9(10)14/h4-7,16H,3H2,1-2H3,(H2,15,17,18,19). The van der Waals surface area contributed by atoms with Gasteiger partial charge in [0.15, 0.2) is 0 Å². The lowest BCUT2D eigenvalue weighted by Gasteiger charge is -2.15. The summed E-state index contributed by atoms with van der Waals surface area (Å²) >= 11 is 3.21. The smallest absolute Gasteiger partial charge is 0.321 e. The average Bonchev–Trinajstić information content (AvgIpc) is 2.34. The number of halogens is 2. The van der Waals surface area contributed by atoms with Crippen LogP contribution in [0.2, 0.25) is 0 Å². The van der Waals surface area contributed by atoms with Gasteiger partial charge in [-0.25, -0.2) is 9.18 Å². The molecule has 0 aliphatic carbocycles. The van der Waals surface area contributed by atoms with Gasteiger partial charge >= 0.3 is 6.03 Å². The highest BCUT2D eigenvalue weighted by Gasteiger charge is 2.16. The van der Waals surface area contributed by atoms with Crippen LogP contribution in [0.1, 0.15) is 13.8 Å². The number of urea groups is 1. The van der Waals surface area contributed by atoms with Crippen molar-refractivity contribution in [3.8, 4) is 0 Å². The molecule has 3 amide bonds. The Hall–Kier alpha value is -1.63. The number of hydrogen-bond donors (Lipinski definition) is 3. The second kappa shape index (κ2) is 7.08. The van der Waals surface area contributed by atoms with E-state index >= 15 is 0 Å². The predicted octanol–water partition coefficient (Wildman–Crippen LogP) is 2.23. The molecule has 5 nitrogen and oxygen atoms in total. The second-order valence-corrected chi connectivity index (χ2v) is 4.75. The van der Waals surface area contributed by atoms with Crippen LogP contribution in [0.15, 0.2) is 22.7 Å². The SMILES string of the molecule is CCNC(=O)NC(=O)C(C)Nc1cc(Br)ccc1F. The minimum atomic E-state index is -0.744. The maximum Gasteiger partial charge on any atom is 0.321 e. The fourth-order valence-electron chi connectivity index (χ4n) is 1.33. The minimum absolute atomic E-state index is 0.188. The first-order valence-electron chi connectivity index (χ1n) is 5.74. The molecular weight excluding hydrogens is 317 g/mol. The van der Waals surface area contributed by atoms with Gasteiger partial charge in [0, 0.05) is 11.0 Å². The molecule has 1 aromatic carbocycles. The fourth-order valence-corrected chi connectivity index (χ4v) is 1.69. The summed E-state index contributed by atoms with van der Waals surface area (Å²) in [6.45, 7) is 3.69. The van der Waals surface area contributed by atoms with Crippen molar-refractivity contribution in [2.75, 3.05) is 11.9 Å². The average molecular weight is 332 g/mol. The van der Waals surface area contributed by atoms with Crippen LogP contribution in [0, 0.1) is 5.82 Å². The van der Waals surface area contributed by atoms with Crippen LogP contribution >= 0.6 is 15.9 Å². The Labute approximate surface area is 119 Å². The lowest BCUT2D eigenvalue weighted by Crippen LogP contribution is -2.45. The Balaban J connectivity index is 2.63. The zero-order valence-electron chi connectivity index (χ0n) is 10.6. The Morgan fingerprint density at radius 2 is 2.11 bits per heavy atom. The van der Waals surface area contributed by atoms with E-state index in [4.69, 9.17) is 0 Å². The number of imide groups is 1. The number of hydrogen-bond acceptors (Lipinski definition) is 3. The van der Waals surface area contributed by atoms with Gasteiger partial charge in [-0.05, 0) is 32.0 Å². The first-order valence-corrected chi connectivity index (χ1v) is 6.53. The van der Waals surface area contributed by atoms with E-state index in [1.165, 1.54) is 19.1 Å². The third kappa shape index (κ3) is 4.86. The largest absolute Gasteiger partial charge is 0.371 e. The fraction of sp³-hybridized carbons (Fsp3) is 0.333. The minimum Gasteiger partial charge on any atom is -0.371 e. The lowest BCUT2D eigenvalue weighted by atomic mass is 10.2. The summed E-state index contributed by atoms with van der Waals surface area (Å²) in [4.78, 5) is 22.8. The number of benzene rings is 1. The summed E-state index contributed by atoms with van der Waals surface area (Å²) < 4.78 is 14.2. The van der Waals surface area contributed by atoms with Gasteiger partial charge < -0.3 is 10.6 Å². The zero-order chi connectivity index (χ0) is 14.4. The molecule has 0 saturated carbocycles. The molecule has 0 saturated heterocycles. The Bertz CT molecular complexity index is 482. The number of anilines is 1. The van der Waals surface area contributed by atoms with Crippen LogP contribution in [0.5, 0.6) is 0 Å². The van der Waals surface area contributed by atoms with E-state index in [1.807, 2.05) is 0 Å². The number of carbonyl (C=O) groups is 2. The summed E-state index contributed by atoms with van der Waals surface area (Å²) in [6.07, 6.45) is 0. The number of amides is 3. The van der Waals surface area contributed by atoms with Crippen molar-refractivity contribution in [3.63, 3.8) is 0 Å². The molecule has 104 valence electrons. The summed E-state index contributed by atoms with van der Waals surface area (Å²) in [5.41, 5.74) is 0.188. The van der Waals surface area contributed by atoms with E-state index in [9.17, 15) is 14.0 Å². The van der Waals surface area contributed by atoms with Gasteiger partial charge in [0.1, 0.15) is 11.9 Å². The van der Waals surface area contributed by atoms with Gasteiger partial charge in [0.2, 0.25) is 5.91 Å². The number of rotatable bonds is 4. The summed E-state index contributed by atoms with van der Waals surface area (Å²) in [6, 6.07) is 3.04. The van der Waals surface area contributed by atoms with Crippen molar-refractivity contribution >= 4 is 33.6 Å². The van der Waals surface area contributed by atoms with Crippen molar-refractivity contribution in [2.45, 2.75) is 19.9 Å². The van der Waals surface area contributed by atoms with Gasteiger partial charge in [0.25, 0.3) is 0 Å². The van der Waals surface area contributed by atoms with Gasteiger partial charge in [-0.3, -0.25) is 10.1 Å². The molecule has 0 bridgehead atoms. The highest BCUT2D eigenvalue weighted by atomic mass is 79.9. The van der Waals surface area contributed by atoms with Crippen LogP contribution < -0.4 is 16.0 Å². The summed E-state index contributed by atoms with van der Waals surface area (Å²) in [5, 5.41) is 7.29. The van der Waals surface area contributed by atoms with Gasteiger partial charge in [-0.2, -0.15) is 0 Å². The molecule has 1 atom stereocenters. The molecule has 1 aromatic rings. The third-order valence-corrected chi connectivity index (χ3v) is 2.76. The molecule has 19 heavy (non-hydrogen) atoms. The maximum absolute atomic E-state index is 13.5. The molecule has 0 radical (unpaired) electrons. The monoisotopic (exact) mass is 331 g/mol. The second-order valence-electron chi connectivity index (χ2n) is 3.84. The van der Waals surface area contributed by atoms with Crippen molar-refractivity contribution in [2.24, 2.45) is 0 Å². The van der Waals surface area contributed by atoms with Crippen LogP contribution in [-0.4, -0.2) is 24.5 Å². The number of carbonyl (C=O) groups excluding carboxylic acids is 2. The zero-order valence-corrected chi connectivity index (χ0v) is 12.2. The third-order valence-electron chi connectivity index (χ3n) is 2.27. The Kier molecular flexibility index (Phi) is 5.75. The van der Waals surface area contributed by atoms with Gasteiger partial charge in [-0.1, -0.05) is 15.9 Å². The molecule has 1 unspecified atom stereocenters. The molecule has 0 spiro atoms. The maximum atomic E-state index is 13.5. The topological polar surface area (TPSA) is 70.2 Å². The van der Waals surface area contributed by atoms with E-state index < -0.39 is 23.8 Å². The van der Waals surface area contributed by atoms with Gasteiger partial charge in [0.05, 0.1) is 5.69 Å². The van der Waals surface area contributed by atoms with E-state index in [1.54, 1.807) is 13.0 Å². The predicted molar refractivity (Wildman–Crippen MR) is 74.4 cm³/mol. The Morgan fingerprint density at radius 1 is 1.42 bits per heavy atom. The molecular formula is C12H15BrFN3O2. The van der Waals surface area contributed by atoms with E-state index in [0.29, 0.717) is 11.0 Å². The lowest BCUT2D eigenvalue weighted by molar-refractivity contribution is -0.120. The van der Waals surface area contributed by atoms with Crippen LogP contribution in [0.25, 0.3) is 0 Å². The summed E-state index contributed by atoms with van der Waals surface area (Å²) in [5.74, 6) is -1.01. The van der Waals surface area contributed by atoms with Crippen molar-refractivity contribution in [3.05, 3.63) is 28.5 Å². The van der Waals surface area contributed by atoms with Crippen LogP contribution in [-0.2, 0) is 4.79 Å². The first-order chi connectivity index (χ1) is 8.93. The van der Waals surface area contributed by atoms with E-state index in [-0.39, 0.29) is 5.69 Å².